The van der Waals surface area contributed by atoms with Gasteiger partial charge >= 0.3 is 0 Å². The summed E-state index contributed by atoms with van der Waals surface area (Å²) >= 11 is 0. The lowest BCUT2D eigenvalue weighted by Gasteiger charge is -2.26. The summed E-state index contributed by atoms with van der Waals surface area (Å²) in [4.78, 5) is 15.2. The van der Waals surface area contributed by atoms with Gasteiger partial charge in [-0.25, -0.2) is 0 Å². The molecule has 0 radical (unpaired) electrons. The van der Waals surface area contributed by atoms with Crippen molar-refractivity contribution < 1.29 is 14.6 Å². The predicted molar refractivity (Wildman–Crippen MR) is 120 cm³/mol. The Bertz CT molecular complexity index is 1090. The number of benzene rings is 2. The van der Waals surface area contributed by atoms with E-state index in [0.29, 0.717) is 30.1 Å². The molecule has 0 aliphatic carbocycles. The van der Waals surface area contributed by atoms with Crippen LogP contribution in [0.5, 0.6) is 5.75 Å². The van der Waals surface area contributed by atoms with Gasteiger partial charge in [0.15, 0.2) is 0 Å². The van der Waals surface area contributed by atoms with Crippen molar-refractivity contribution in [3.8, 4) is 17.0 Å². The highest BCUT2D eigenvalue weighted by atomic mass is 16.5. The highest BCUT2D eigenvalue weighted by Gasteiger charge is 2.42. The second-order valence-electron chi connectivity index (χ2n) is 8.42. The number of nitrogens with zero attached hydrogens (tertiary/aromatic N) is 2. The van der Waals surface area contributed by atoms with Crippen molar-refractivity contribution in [3.05, 3.63) is 70.4 Å². The number of hydrogen-bond donors (Lipinski definition) is 2. The van der Waals surface area contributed by atoms with Crippen molar-refractivity contribution in [2.75, 3.05) is 13.2 Å². The predicted octanol–water partition coefficient (Wildman–Crippen LogP) is 4.76. The second-order valence-corrected chi connectivity index (χ2v) is 8.42. The molecule has 6 nitrogen and oxygen atoms in total. The number of aryl methyl sites for hydroxylation is 2. The molecule has 1 aliphatic heterocycles. The molecule has 31 heavy (non-hydrogen) atoms. The van der Waals surface area contributed by atoms with Crippen molar-refractivity contribution in [2.24, 2.45) is 0 Å². The van der Waals surface area contributed by atoms with Gasteiger partial charge in [0.1, 0.15) is 17.1 Å². The Hall–Kier alpha value is -3.12. The minimum absolute atomic E-state index is 0.0731. The van der Waals surface area contributed by atoms with Crippen LogP contribution >= 0.6 is 0 Å². The summed E-state index contributed by atoms with van der Waals surface area (Å²) in [6, 6.07) is 13.6. The van der Waals surface area contributed by atoms with Gasteiger partial charge in [0.25, 0.3) is 5.91 Å². The van der Waals surface area contributed by atoms with E-state index in [0.717, 1.165) is 28.7 Å². The summed E-state index contributed by atoms with van der Waals surface area (Å²) in [5.41, 5.74) is 5.43. The maximum atomic E-state index is 13.3. The average Bonchev–Trinajstić information content (AvgIpc) is 3.28. The normalized spacial score (nSPS) is 15.7. The van der Waals surface area contributed by atoms with Crippen molar-refractivity contribution in [1.29, 1.82) is 0 Å². The second kappa shape index (κ2) is 8.55. The zero-order valence-electron chi connectivity index (χ0n) is 18.5. The number of nitrogens with one attached hydrogen (secondary N) is 1. The fraction of sp³-hybridized carbons (Fsp3) is 0.360. The van der Waals surface area contributed by atoms with Crippen LogP contribution in [0.3, 0.4) is 0 Å². The number of aromatic nitrogens is 2. The Balaban J connectivity index is 1.77. The summed E-state index contributed by atoms with van der Waals surface area (Å²) in [6.45, 7) is 9.05. The van der Waals surface area contributed by atoms with E-state index in [2.05, 4.69) is 10.2 Å². The molecular formula is C25H29N3O3. The number of hydrogen-bond acceptors (Lipinski definition) is 4. The number of aromatic amines is 1. The highest BCUT2D eigenvalue weighted by Crippen LogP contribution is 2.45. The quantitative estimate of drug-likeness (QED) is 0.541. The van der Waals surface area contributed by atoms with Gasteiger partial charge in [0, 0.05) is 24.3 Å². The number of amides is 1. The van der Waals surface area contributed by atoms with Gasteiger partial charge in [-0.2, -0.15) is 5.10 Å². The number of ether oxygens (including phenoxy) is 1. The van der Waals surface area contributed by atoms with Crippen molar-refractivity contribution >= 4 is 5.91 Å². The van der Waals surface area contributed by atoms with Crippen LogP contribution in [0, 0.1) is 13.8 Å². The Morgan fingerprint density at radius 2 is 1.94 bits per heavy atom. The fourth-order valence-corrected chi connectivity index (χ4v) is 4.31. The van der Waals surface area contributed by atoms with E-state index in [1.807, 2.05) is 75.1 Å². The van der Waals surface area contributed by atoms with Crippen LogP contribution in [-0.4, -0.2) is 45.4 Å². The molecule has 2 heterocycles. The van der Waals surface area contributed by atoms with Gasteiger partial charge in [-0.05, 0) is 56.9 Å². The van der Waals surface area contributed by atoms with E-state index in [9.17, 15) is 9.90 Å². The van der Waals surface area contributed by atoms with Crippen LogP contribution in [0.1, 0.15) is 59.1 Å². The monoisotopic (exact) mass is 419 g/mol. The first-order valence-electron chi connectivity index (χ1n) is 10.7. The molecule has 0 saturated heterocycles. The molecule has 0 saturated carbocycles. The zero-order valence-corrected chi connectivity index (χ0v) is 18.5. The van der Waals surface area contributed by atoms with E-state index >= 15 is 0 Å². The van der Waals surface area contributed by atoms with Crippen molar-refractivity contribution in [3.63, 3.8) is 0 Å². The van der Waals surface area contributed by atoms with E-state index < -0.39 is 0 Å². The first-order valence-corrected chi connectivity index (χ1v) is 10.7. The molecule has 0 bridgehead atoms. The SMILES string of the molecule is Cc1cc(C)c(O)c(-c2n[nH]c3c2C(c2ccccc2)N(CCCOC(C)C)C3=O)c1. The molecule has 1 aliphatic rings. The van der Waals surface area contributed by atoms with Crippen molar-refractivity contribution in [1.82, 2.24) is 15.1 Å². The molecule has 2 aromatic carbocycles. The molecule has 3 aromatic rings. The average molecular weight is 420 g/mol. The molecule has 1 amide bonds. The van der Waals surface area contributed by atoms with Crippen LogP contribution < -0.4 is 0 Å². The lowest BCUT2D eigenvalue weighted by atomic mass is 9.94. The maximum absolute atomic E-state index is 13.3. The first kappa shape index (κ1) is 21.1. The summed E-state index contributed by atoms with van der Waals surface area (Å²) in [6.07, 6.45) is 0.907. The smallest absolute Gasteiger partial charge is 0.273 e. The molecule has 0 spiro atoms. The number of fused-ring (bicyclic) bond motifs is 1. The van der Waals surface area contributed by atoms with Crippen LogP contribution in [0.4, 0.5) is 0 Å². The molecule has 2 N–H and O–H groups in total. The maximum Gasteiger partial charge on any atom is 0.273 e. The molecule has 1 unspecified atom stereocenters. The zero-order chi connectivity index (χ0) is 22.1. The Morgan fingerprint density at radius 3 is 2.65 bits per heavy atom. The Kier molecular flexibility index (Phi) is 5.83. The van der Waals surface area contributed by atoms with Gasteiger partial charge in [-0.1, -0.05) is 36.4 Å². The number of phenolic OH excluding ortho intramolecular Hbond substituents is 1. The summed E-state index contributed by atoms with van der Waals surface area (Å²) in [5.74, 6) is 0.124. The summed E-state index contributed by atoms with van der Waals surface area (Å²) < 4.78 is 5.68. The molecule has 4 rings (SSSR count). The fourth-order valence-electron chi connectivity index (χ4n) is 4.31. The van der Waals surface area contributed by atoms with Crippen LogP contribution in [-0.2, 0) is 4.74 Å². The molecular weight excluding hydrogens is 390 g/mol. The van der Waals surface area contributed by atoms with Crippen LogP contribution in [0.2, 0.25) is 0 Å². The van der Waals surface area contributed by atoms with E-state index in [1.165, 1.54) is 0 Å². The van der Waals surface area contributed by atoms with E-state index in [4.69, 9.17) is 4.74 Å². The van der Waals surface area contributed by atoms with Crippen LogP contribution in [0.25, 0.3) is 11.3 Å². The minimum atomic E-state index is -0.267. The minimum Gasteiger partial charge on any atom is -0.507 e. The van der Waals surface area contributed by atoms with E-state index in [1.54, 1.807) is 0 Å². The van der Waals surface area contributed by atoms with Gasteiger partial charge < -0.3 is 14.7 Å². The number of carbonyl (C=O) groups is 1. The van der Waals surface area contributed by atoms with Gasteiger partial charge in [-0.3, -0.25) is 9.89 Å². The number of carbonyl (C=O) groups excluding carboxylic acids is 1. The number of aromatic hydroxyl groups is 1. The highest BCUT2D eigenvalue weighted by molar-refractivity contribution is 6.00. The Morgan fingerprint density at radius 1 is 1.19 bits per heavy atom. The van der Waals surface area contributed by atoms with Crippen molar-refractivity contribution in [2.45, 2.75) is 46.3 Å². The molecule has 162 valence electrons. The molecule has 0 fully saturated rings. The molecule has 6 heteroatoms. The lowest BCUT2D eigenvalue weighted by molar-refractivity contribution is 0.0601. The third-order valence-electron chi connectivity index (χ3n) is 5.67. The van der Waals surface area contributed by atoms with Gasteiger partial charge in [-0.15, -0.1) is 0 Å². The van der Waals surface area contributed by atoms with Gasteiger partial charge in [0.2, 0.25) is 0 Å². The number of H-pyrrole nitrogens is 1. The van der Waals surface area contributed by atoms with Crippen LogP contribution in [0.15, 0.2) is 42.5 Å². The third-order valence-corrected chi connectivity index (χ3v) is 5.67. The molecule has 1 aromatic heterocycles. The topological polar surface area (TPSA) is 78.5 Å². The Labute approximate surface area is 182 Å². The van der Waals surface area contributed by atoms with Gasteiger partial charge in [0.05, 0.1) is 12.1 Å². The summed E-state index contributed by atoms with van der Waals surface area (Å²) in [7, 11) is 0. The largest absolute Gasteiger partial charge is 0.507 e. The first-order chi connectivity index (χ1) is 14.9. The lowest BCUT2D eigenvalue weighted by Crippen LogP contribution is -2.31. The standard InChI is InChI=1S/C25H29N3O3/c1-15(2)31-12-8-11-28-23(18-9-6-5-7-10-18)20-21(26-27-22(20)25(28)30)19-14-16(3)13-17(4)24(19)29/h5-7,9-10,13-15,23,29H,8,11-12H2,1-4H3,(H,26,27). The van der Waals surface area contributed by atoms with E-state index in [-0.39, 0.29) is 23.8 Å². The molecule has 1 atom stereocenters. The number of phenols is 1. The summed E-state index contributed by atoms with van der Waals surface area (Å²) in [5, 5.41) is 18.2. The third kappa shape index (κ3) is 3.95. The number of rotatable bonds is 7.